The maximum Gasteiger partial charge on any atom is 0.00456 e. The third-order valence-corrected chi connectivity index (χ3v) is 1.10. The Hall–Kier alpha value is 0.629. The zero-order chi connectivity index (χ0) is 5.15. The first kappa shape index (κ1) is 10.6. The van der Waals surface area contributed by atoms with E-state index >= 15 is 0 Å². The summed E-state index contributed by atoms with van der Waals surface area (Å²) in [7, 11) is 3.66. The molecule has 1 nitrogen and oxygen atoms in total. The molecule has 0 saturated carbocycles. The van der Waals surface area contributed by atoms with Crippen LogP contribution in [0.5, 0.6) is 0 Å². The largest absolute Gasteiger partial charge is 0.411 e. The van der Waals surface area contributed by atoms with Crippen LogP contribution in [0.25, 0.3) is 0 Å². The molecule has 7 heavy (non-hydrogen) atoms. The van der Waals surface area contributed by atoms with E-state index in [9.17, 15) is 0 Å². The Bertz CT molecular complexity index is 64.0. The summed E-state index contributed by atoms with van der Waals surface area (Å²) in [4.78, 5) is 1.71. The molecule has 0 unspecified atom stereocenters. The van der Waals surface area contributed by atoms with Crippen molar-refractivity contribution >= 4 is 29.2 Å². The van der Waals surface area contributed by atoms with Crippen LogP contribution in [-0.2, 0) is 29.7 Å². The minimum absolute atomic E-state index is 0. The van der Waals surface area contributed by atoms with E-state index in [1.54, 1.807) is 4.90 Å². The predicted molar refractivity (Wildman–Crippen MR) is 33.6 cm³/mol. The van der Waals surface area contributed by atoms with Crippen molar-refractivity contribution in [3.8, 4) is 0 Å². The fraction of sp³-hybridized carbons (Fsp3) is 0.667. The van der Waals surface area contributed by atoms with Crippen molar-refractivity contribution < 1.29 is 17.1 Å². The van der Waals surface area contributed by atoms with Crippen LogP contribution in [0.2, 0.25) is 0 Å². The van der Waals surface area contributed by atoms with Crippen LogP contribution >= 0.6 is 12.2 Å². The Morgan fingerprint density at radius 1 is 1.57 bits per heavy atom. The second-order valence-corrected chi connectivity index (χ2v) is 2.19. The fourth-order valence-electron chi connectivity index (χ4n) is 0. The predicted octanol–water partition coefficient (Wildman–Crippen LogP) is 0.377. The Balaban J connectivity index is 0. The van der Waals surface area contributed by atoms with E-state index in [0.717, 1.165) is 0 Å². The average Bonchev–Trinajstić information content (AvgIpc) is 1.36. The van der Waals surface area contributed by atoms with Gasteiger partial charge in [0, 0.05) is 31.2 Å². The van der Waals surface area contributed by atoms with Gasteiger partial charge >= 0.3 is 0 Å². The van der Waals surface area contributed by atoms with Crippen LogP contribution in [0.4, 0.5) is 0 Å². The molecule has 0 N–H and O–H groups in total. The normalized spacial score (nSPS) is 6.57. The van der Waals surface area contributed by atoms with Crippen LogP contribution in [0.15, 0.2) is 0 Å². The smallest absolute Gasteiger partial charge is 0.00456 e. The third kappa shape index (κ3) is 6.63. The quantitative estimate of drug-likeness (QED) is 0.298. The molecule has 0 heterocycles. The summed E-state index contributed by atoms with van der Waals surface area (Å²) in [6, 6.07) is 0. The molecule has 4 heteroatoms. The molecule has 0 aromatic heterocycles. The molecule has 0 atom stereocenters. The van der Waals surface area contributed by atoms with Crippen LogP contribution < -0.4 is 0 Å². The van der Waals surface area contributed by atoms with E-state index in [2.05, 4.69) is 24.8 Å². The van der Waals surface area contributed by atoms with Gasteiger partial charge in [-0.05, 0) is 0 Å². The molecule has 0 rings (SSSR count). The molecule has 44 valence electrons. The van der Waals surface area contributed by atoms with Gasteiger partial charge in [0.1, 0.15) is 0 Å². The maximum absolute atomic E-state index is 4.56. The molecule has 0 bridgehead atoms. The van der Waals surface area contributed by atoms with E-state index in [1.165, 1.54) is 0 Å². The van der Waals surface area contributed by atoms with Gasteiger partial charge in [0.25, 0.3) is 0 Å². The van der Waals surface area contributed by atoms with Gasteiger partial charge in [-0.3, -0.25) is 0 Å². The minimum atomic E-state index is 0. The van der Waals surface area contributed by atoms with Crippen molar-refractivity contribution in [3.63, 3.8) is 0 Å². The fourth-order valence-corrected chi connectivity index (χ4v) is 0. The average molecular weight is 176 g/mol. The minimum Gasteiger partial charge on any atom is -0.411 e. The van der Waals surface area contributed by atoms with Gasteiger partial charge in [-0.15, -0.1) is 0 Å². The van der Waals surface area contributed by atoms with Gasteiger partial charge < -0.3 is 29.7 Å². The van der Waals surface area contributed by atoms with Gasteiger partial charge in [-0.2, -0.15) is 0 Å². The summed E-state index contributed by atoms with van der Waals surface area (Å²) < 4.78 is 0.509. The van der Waals surface area contributed by atoms with Gasteiger partial charge in [0.15, 0.2) is 0 Å². The Morgan fingerprint density at radius 2 is 1.71 bits per heavy atom. The standard InChI is InChI=1S/C3H7NS2.Fe/c1-4(2)3(5)6;/h1-2H3,(H,5,6);/p-1. The molecule has 0 aliphatic heterocycles. The van der Waals surface area contributed by atoms with Crippen LogP contribution in [0.3, 0.4) is 0 Å². The zero-order valence-electron chi connectivity index (χ0n) is 4.12. The topological polar surface area (TPSA) is 3.24 Å². The molecule has 0 saturated heterocycles. The summed E-state index contributed by atoms with van der Waals surface area (Å²) in [6.45, 7) is 0. The molecule has 0 aromatic rings. The summed E-state index contributed by atoms with van der Waals surface area (Å²) in [5, 5.41) is 0. The molecule has 0 aliphatic carbocycles. The molecule has 0 aromatic carbocycles. The van der Waals surface area contributed by atoms with Crippen LogP contribution in [-0.4, -0.2) is 23.3 Å². The van der Waals surface area contributed by atoms with E-state index in [1.807, 2.05) is 14.1 Å². The monoisotopic (exact) mass is 176 g/mol. The number of nitrogens with zero attached hydrogens (tertiary/aromatic N) is 1. The first-order valence-electron chi connectivity index (χ1n) is 1.53. The first-order valence-corrected chi connectivity index (χ1v) is 2.34. The second kappa shape index (κ2) is 4.78. The first-order chi connectivity index (χ1) is 2.64. The van der Waals surface area contributed by atoms with Crippen LogP contribution in [0.1, 0.15) is 0 Å². The SMILES string of the molecule is CN(C)C(=S)[S-].[Fe]. The number of hydrogen-bond acceptors (Lipinski definition) is 2. The van der Waals surface area contributed by atoms with Gasteiger partial charge in [-0.1, -0.05) is 4.32 Å². The molecule has 0 aliphatic rings. The summed E-state index contributed by atoms with van der Waals surface area (Å²) in [6.07, 6.45) is 0. The molecule has 0 amide bonds. The molecule has 0 fully saturated rings. The molecular weight excluding hydrogens is 170 g/mol. The maximum atomic E-state index is 4.56. The van der Waals surface area contributed by atoms with Gasteiger partial charge in [0.05, 0.1) is 0 Å². The summed E-state index contributed by atoms with van der Waals surface area (Å²) >= 11 is 9.12. The molecule has 0 radical (unpaired) electrons. The van der Waals surface area contributed by atoms with Gasteiger partial charge in [-0.25, -0.2) is 0 Å². The van der Waals surface area contributed by atoms with Gasteiger partial charge in [0.2, 0.25) is 0 Å². The van der Waals surface area contributed by atoms with Crippen molar-refractivity contribution in [1.29, 1.82) is 0 Å². The third-order valence-electron chi connectivity index (χ3n) is 0.365. The number of thiocarbonyl (C=S) groups is 1. The van der Waals surface area contributed by atoms with E-state index < -0.39 is 0 Å². The second-order valence-electron chi connectivity index (χ2n) is 1.16. The van der Waals surface area contributed by atoms with E-state index in [-0.39, 0.29) is 17.1 Å². The van der Waals surface area contributed by atoms with E-state index in [0.29, 0.717) is 4.32 Å². The summed E-state index contributed by atoms with van der Waals surface area (Å²) in [5.74, 6) is 0. The Labute approximate surface area is 65.3 Å². The van der Waals surface area contributed by atoms with Crippen molar-refractivity contribution in [2.24, 2.45) is 0 Å². The van der Waals surface area contributed by atoms with Crippen molar-refractivity contribution in [3.05, 3.63) is 0 Å². The van der Waals surface area contributed by atoms with Crippen molar-refractivity contribution in [2.75, 3.05) is 14.1 Å². The molecular formula is C3H6FeNS2-. The Morgan fingerprint density at radius 3 is 1.71 bits per heavy atom. The van der Waals surface area contributed by atoms with Crippen LogP contribution in [0, 0.1) is 0 Å². The zero-order valence-corrected chi connectivity index (χ0v) is 6.85. The molecule has 0 spiro atoms. The number of hydrogen-bond donors (Lipinski definition) is 0. The van der Waals surface area contributed by atoms with Crippen molar-refractivity contribution in [1.82, 2.24) is 4.90 Å². The Kier molecular flexibility index (Phi) is 7.23. The summed E-state index contributed by atoms with van der Waals surface area (Å²) in [5.41, 5.74) is 0. The van der Waals surface area contributed by atoms with Crippen molar-refractivity contribution in [2.45, 2.75) is 0 Å². The van der Waals surface area contributed by atoms with E-state index in [4.69, 9.17) is 0 Å². The number of rotatable bonds is 0.